The van der Waals surface area contributed by atoms with Crippen LogP contribution < -0.4 is 5.32 Å². The van der Waals surface area contributed by atoms with Crippen LogP contribution in [0.15, 0.2) is 0 Å². The molecule has 0 fully saturated rings. The molecule has 0 atom stereocenters. The third-order valence-electron chi connectivity index (χ3n) is 0.968. The molecule has 52 valence electrons. The van der Waals surface area contributed by atoms with Crippen LogP contribution in [0.4, 0.5) is 0 Å². The van der Waals surface area contributed by atoms with Gasteiger partial charge in [0.25, 0.3) is 0 Å². The van der Waals surface area contributed by atoms with Crippen molar-refractivity contribution >= 4 is 0 Å². The third kappa shape index (κ3) is 5.92. The van der Waals surface area contributed by atoms with Gasteiger partial charge in [-0.3, -0.25) is 4.90 Å². The number of nitrogens with zero attached hydrogens (tertiary/aromatic N) is 1. The van der Waals surface area contributed by atoms with Gasteiger partial charge in [0.05, 0.1) is 0 Å². The maximum atomic E-state index is 3.04. The van der Waals surface area contributed by atoms with E-state index in [0.717, 1.165) is 13.2 Å². The minimum Gasteiger partial charge on any atom is -0.307 e. The second-order valence-corrected chi connectivity index (χ2v) is 1.68. The summed E-state index contributed by atoms with van der Waals surface area (Å²) < 4.78 is 0. The maximum Gasteiger partial charge on any atom is 0.0475 e. The molecule has 0 bridgehead atoms. The van der Waals surface area contributed by atoms with Crippen molar-refractivity contribution in [3.8, 4) is 0 Å². The van der Waals surface area contributed by atoms with E-state index in [1.54, 1.807) is 0 Å². The second-order valence-electron chi connectivity index (χ2n) is 1.68. The summed E-state index contributed by atoms with van der Waals surface area (Å²) in [5.41, 5.74) is 0. The molecule has 0 aromatic heterocycles. The van der Waals surface area contributed by atoms with Crippen molar-refractivity contribution < 1.29 is 0 Å². The quantitative estimate of drug-likeness (QED) is 0.550. The Morgan fingerprint density at radius 2 is 2.00 bits per heavy atom. The lowest BCUT2D eigenvalue weighted by molar-refractivity contribution is 0.334. The van der Waals surface area contributed by atoms with Crippen LogP contribution >= 0.6 is 0 Å². The summed E-state index contributed by atoms with van der Waals surface area (Å²) >= 11 is 0. The Kier molecular flexibility index (Phi) is 9.36. The number of nitrogens with one attached hydrogen (secondary N) is 1. The summed E-state index contributed by atoms with van der Waals surface area (Å²) in [6.45, 7) is 4.23. The average Bonchev–Trinajstić information content (AvgIpc) is 1.68. The van der Waals surface area contributed by atoms with Gasteiger partial charge in [-0.15, -0.1) is 0 Å². The lowest BCUT2D eigenvalue weighted by atomic mass is 10.7. The Morgan fingerprint density at radius 3 is 2.12 bits per heavy atom. The van der Waals surface area contributed by atoms with Gasteiger partial charge in [0.2, 0.25) is 0 Å². The van der Waals surface area contributed by atoms with E-state index in [0.29, 0.717) is 0 Å². The minimum atomic E-state index is 0. The zero-order chi connectivity index (χ0) is 5.70. The van der Waals surface area contributed by atoms with E-state index in [2.05, 4.69) is 24.2 Å². The summed E-state index contributed by atoms with van der Waals surface area (Å²) in [5, 5.41) is 3.04. The van der Waals surface area contributed by atoms with Crippen molar-refractivity contribution in [3.05, 3.63) is 0 Å². The van der Waals surface area contributed by atoms with E-state index in [9.17, 15) is 0 Å². The number of rotatable bonds is 3. The van der Waals surface area contributed by atoms with Crippen LogP contribution in [-0.2, 0) is 0 Å². The molecule has 0 heterocycles. The predicted octanol–water partition coefficient (Wildman–Crippen LogP) is 0.751. The van der Waals surface area contributed by atoms with Crippen molar-refractivity contribution in [3.63, 3.8) is 0 Å². The number of hydrogen-bond donors (Lipinski definition) is 1. The molecular weight excluding hydrogens is 100 g/mol. The van der Waals surface area contributed by atoms with Crippen LogP contribution in [0.25, 0.3) is 0 Å². The maximum absolute atomic E-state index is 3.04. The van der Waals surface area contributed by atoms with Crippen LogP contribution in [0.2, 0.25) is 0 Å². The standard InChI is InChI=1S/C5H14N2.CH4/c1-4-7(3)5-6-2;/h6H,4-5H2,1-3H3;1H4. The van der Waals surface area contributed by atoms with E-state index >= 15 is 0 Å². The van der Waals surface area contributed by atoms with Gasteiger partial charge in [-0.1, -0.05) is 14.4 Å². The SMILES string of the molecule is C.CCN(C)CNC. The fraction of sp³-hybridized carbons (Fsp3) is 1.00. The van der Waals surface area contributed by atoms with E-state index < -0.39 is 0 Å². The molecule has 0 saturated heterocycles. The molecule has 2 heteroatoms. The van der Waals surface area contributed by atoms with E-state index in [1.165, 1.54) is 0 Å². The first-order chi connectivity index (χ1) is 3.31. The highest BCUT2D eigenvalue weighted by molar-refractivity contribution is 4.38. The van der Waals surface area contributed by atoms with Crippen molar-refractivity contribution in [2.75, 3.05) is 27.3 Å². The molecule has 0 aromatic rings. The molecular formula is C6H18N2. The van der Waals surface area contributed by atoms with Gasteiger partial charge in [0.1, 0.15) is 0 Å². The first-order valence-electron chi connectivity index (χ1n) is 2.64. The zero-order valence-electron chi connectivity index (χ0n) is 5.36. The molecule has 0 radical (unpaired) electrons. The van der Waals surface area contributed by atoms with Gasteiger partial charge >= 0.3 is 0 Å². The molecule has 0 spiro atoms. The van der Waals surface area contributed by atoms with Crippen LogP contribution in [-0.4, -0.2) is 32.2 Å². The molecule has 2 nitrogen and oxygen atoms in total. The van der Waals surface area contributed by atoms with Crippen molar-refractivity contribution in [1.82, 2.24) is 10.2 Å². The highest BCUT2D eigenvalue weighted by Crippen LogP contribution is 1.71. The first kappa shape index (κ1) is 10.8. The van der Waals surface area contributed by atoms with Gasteiger partial charge in [0.15, 0.2) is 0 Å². The lowest BCUT2D eigenvalue weighted by Gasteiger charge is -2.11. The Balaban J connectivity index is 0. The molecule has 0 aliphatic carbocycles. The van der Waals surface area contributed by atoms with Crippen molar-refractivity contribution in [2.45, 2.75) is 14.4 Å². The highest BCUT2D eigenvalue weighted by Gasteiger charge is 1.85. The Labute approximate surface area is 52.9 Å². The van der Waals surface area contributed by atoms with Crippen molar-refractivity contribution in [1.29, 1.82) is 0 Å². The highest BCUT2D eigenvalue weighted by atomic mass is 15.2. The Hall–Kier alpha value is -0.0800. The largest absolute Gasteiger partial charge is 0.307 e. The van der Waals surface area contributed by atoms with Gasteiger partial charge in [-0.05, 0) is 20.6 Å². The molecule has 0 amide bonds. The van der Waals surface area contributed by atoms with Gasteiger partial charge < -0.3 is 5.32 Å². The van der Waals surface area contributed by atoms with E-state index in [1.807, 2.05) is 7.05 Å². The molecule has 0 aliphatic heterocycles. The summed E-state index contributed by atoms with van der Waals surface area (Å²) in [6, 6.07) is 0. The van der Waals surface area contributed by atoms with Crippen LogP contribution in [0, 0.1) is 0 Å². The first-order valence-corrected chi connectivity index (χ1v) is 2.64. The van der Waals surface area contributed by atoms with Gasteiger partial charge in [0, 0.05) is 6.67 Å². The average molecular weight is 118 g/mol. The van der Waals surface area contributed by atoms with Crippen LogP contribution in [0.1, 0.15) is 14.4 Å². The summed E-state index contributed by atoms with van der Waals surface area (Å²) in [6.07, 6.45) is 0. The normalized spacial score (nSPS) is 9.00. The monoisotopic (exact) mass is 118 g/mol. The third-order valence-corrected chi connectivity index (χ3v) is 0.968. The molecule has 0 aromatic carbocycles. The Morgan fingerprint density at radius 1 is 1.50 bits per heavy atom. The van der Waals surface area contributed by atoms with Gasteiger partial charge in [-0.2, -0.15) is 0 Å². The summed E-state index contributed by atoms with van der Waals surface area (Å²) in [7, 11) is 4.03. The van der Waals surface area contributed by atoms with Crippen molar-refractivity contribution in [2.24, 2.45) is 0 Å². The molecule has 0 aliphatic rings. The smallest absolute Gasteiger partial charge is 0.0475 e. The second kappa shape index (κ2) is 6.92. The fourth-order valence-corrected chi connectivity index (χ4v) is 0.382. The fourth-order valence-electron chi connectivity index (χ4n) is 0.382. The van der Waals surface area contributed by atoms with Crippen LogP contribution in [0.5, 0.6) is 0 Å². The van der Waals surface area contributed by atoms with E-state index in [-0.39, 0.29) is 7.43 Å². The minimum absolute atomic E-state index is 0. The molecule has 8 heavy (non-hydrogen) atoms. The number of hydrogen-bond acceptors (Lipinski definition) is 2. The zero-order valence-corrected chi connectivity index (χ0v) is 5.36. The molecule has 1 N–H and O–H groups in total. The van der Waals surface area contributed by atoms with Gasteiger partial charge in [-0.25, -0.2) is 0 Å². The molecule has 0 unspecified atom stereocenters. The summed E-state index contributed by atoms with van der Waals surface area (Å²) in [4.78, 5) is 2.19. The predicted molar refractivity (Wildman–Crippen MR) is 39.0 cm³/mol. The molecule has 0 saturated carbocycles. The van der Waals surface area contributed by atoms with Crippen LogP contribution in [0.3, 0.4) is 0 Å². The lowest BCUT2D eigenvalue weighted by Crippen LogP contribution is -2.27. The molecule has 0 rings (SSSR count). The Bertz CT molecular complexity index is 37.5. The topological polar surface area (TPSA) is 15.3 Å². The summed E-state index contributed by atoms with van der Waals surface area (Å²) in [5.74, 6) is 0. The van der Waals surface area contributed by atoms with E-state index in [4.69, 9.17) is 0 Å².